The van der Waals surface area contributed by atoms with Crippen molar-refractivity contribution in [3.63, 3.8) is 0 Å². The Morgan fingerprint density at radius 1 is 1.42 bits per heavy atom. The van der Waals surface area contributed by atoms with Crippen molar-refractivity contribution in [3.8, 4) is 0 Å². The molecule has 0 aliphatic carbocycles. The van der Waals surface area contributed by atoms with E-state index in [9.17, 15) is 18.0 Å². The standard InChI is InChI=1S/C10H11ClN2O5S/c1-5(9(12)14)13-19(17,18)6-2-3-8(11)7(4-6)10(15)16/h2-5,13H,1H3,(H2,12,14)(H,15,16). The first-order valence-electron chi connectivity index (χ1n) is 4.99. The fourth-order valence-electron chi connectivity index (χ4n) is 1.19. The van der Waals surface area contributed by atoms with E-state index in [1.165, 1.54) is 6.92 Å². The maximum atomic E-state index is 11.9. The van der Waals surface area contributed by atoms with Crippen LogP contribution in [0.5, 0.6) is 0 Å². The van der Waals surface area contributed by atoms with Crippen LogP contribution in [-0.4, -0.2) is 31.4 Å². The lowest BCUT2D eigenvalue weighted by Gasteiger charge is -2.11. The summed E-state index contributed by atoms with van der Waals surface area (Å²) in [5.74, 6) is -2.21. The van der Waals surface area contributed by atoms with Crippen LogP contribution in [0.15, 0.2) is 23.1 Å². The Bertz CT molecular complexity index is 629. The largest absolute Gasteiger partial charge is 0.478 e. The van der Waals surface area contributed by atoms with Gasteiger partial charge in [0.1, 0.15) is 0 Å². The molecule has 0 aromatic heterocycles. The number of primary amides is 1. The van der Waals surface area contributed by atoms with Crippen molar-refractivity contribution in [2.24, 2.45) is 5.73 Å². The highest BCUT2D eigenvalue weighted by Crippen LogP contribution is 2.20. The Balaban J connectivity index is 3.19. The van der Waals surface area contributed by atoms with Gasteiger partial charge in [0.15, 0.2) is 0 Å². The molecule has 9 heteroatoms. The molecule has 1 unspecified atom stereocenters. The summed E-state index contributed by atoms with van der Waals surface area (Å²) in [4.78, 5) is 21.4. The summed E-state index contributed by atoms with van der Waals surface area (Å²) in [6.07, 6.45) is 0. The van der Waals surface area contributed by atoms with Crippen LogP contribution in [0.25, 0.3) is 0 Å². The van der Waals surface area contributed by atoms with Gasteiger partial charge >= 0.3 is 5.97 Å². The third-order valence-electron chi connectivity index (χ3n) is 2.24. The number of amides is 1. The van der Waals surface area contributed by atoms with Crippen LogP contribution in [0.2, 0.25) is 5.02 Å². The van der Waals surface area contributed by atoms with Gasteiger partial charge < -0.3 is 10.8 Å². The van der Waals surface area contributed by atoms with Crippen molar-refractivity contribution < 1.29 is 23.1 Å². The number of benzene rings is 1. The second kappa shape index (κ2) is 5.55. The van der Waals surface area contributed by atoms with E-state index in [2.05, 4.69) is 0 Å². The first kappa shape index (κ1) is 15.4. The average Bonchev–Trinajstić information content (AvgIpc) is 2.27. The predicted molar refractivity (Wildman–Crippen MR) is 67.4 cm³/mol. The third-order valence-corrected chi connectivity index (χ3v) is 4.11. The molecule has 0 bridgehead atoms. The van der Waals surface area contributed by atoms with E-state index in [1.54, 1.807) is 0 Å². The first-order valence-corrected chi connectivity index (χ1v) is 6.85. The molecule has 7 nitrogen and oxygen atoms in total. The highest BCUT2D eigenvalue weighted by Gasteiger charge is 2.22. The monoisotopic (exact) mass is 306 g/mol. The van der Waals surface area contributed by atoms with Crippen LogP contribution in [-0.2, 0) is 14.8 Å². The maximum Gasteiger partial charge on any atom is 0.337 e. The molecule has 0 saturated heterocycles. The predicted octanol–water partition coefficient (Wildman–Crippen LogP) is 0.190. The van der Waals surface area contributed by atoms with E-state index in [0.717, 1.165) is 18.2 Å². The number of aromatic carboxylic acids is 1. The van der Waals surface area contributed by atoms with Crippen LogP contribution in [0.4, 0.5) is 0 Å². The lowest BCUT2D eigenvalue weighted by molar-refractivity contribution is -0.119. The summed E-state index contributed by atoms with van der Waals surface area (Å²) < 4.78 is 25.8. The Morgan fingerprint density at radius 3 is 2.47 bits per heavy atom. The molecule has 19 heavy (non-hydrogen) atoms. The van der Waals surface area contributed by atoms with E-state index in [1.807, 2.05) is 4.72 Å². The molecule has 1 aromatic rings. The van der Waals surface area contributed by atoms with Crippen molar-refractivity contribution in [2.75, 3.05) is 0 Å². The summed E-state index contributed by atoms with van der Waals surface area (Å²) in [5.41, 5.74) is 4.59. The summed E-state index contributed by atoms with van der Waals surface area (Å²) in [6, 6.07) is 2.06. The van der Waals surface area contributed by atoms with E-state index in [-0.39, 0.29) is 15.5 Å². The fourth-order valence-corrected chi connectivity index (χ4v) is 2.63. The van der Waals surface area contributed by atoms with Gasteiger partial charge in [0.25, 0.3) is 0 Å². The number of carbonyl (C=O) groups excluding carboxylic acids is 1. The molecule has 0 spiro atoms. The van der Waals surface area contributed by atoms with Crippen LogP contribution in [0.3, 0.4) is 0 Å². The molecular formula is C10H11ClN2O5S. The van der Waals surface area contributed by atoms with Gasteiger partial charge in [0.05, 0.1) is 21.5 Å². The summed E-state index contributed by atoms with van der Waals surface area (Å²) in [5, 5.41) is 8.76. The Kier molecular flexibility index (Phi) is 4.51. The number of carboxylic acids is 1. The van der Waals surface area contributed by atoms with Crippen LogP contribution >= 0.6 is 11.6 Å². The third kappa shape index (κ3) is 3.66. The summed E-state index contributed by atoms with van der Waals surface area (Å²) >= 11 is 5.63. The zero-order valence-corrected chi connectivity index (χ0v) is 11.3. The molecule has 1 rings (SSSR count). The van der Waals surface area contributed by atoms with Gasteiger partial charge in [-0.2, -0.15) is 4.72 Å². The van der Waals surface area contributed by atoms with E-state index in [4.69, 9.17) is 22.4 Å². The number of carbonyl (C=O) groups is 2. The number of hydrogen-bond donors (Lipinski definition) is 3. The topological polar surface area (TPSA) is 127 Å². The minimum Gasteiger partial charge on any atom is -0.478 e. The van der Waals surface area contributed by atoms with Crippen molar-refractivity contribution in [1.82, 2.24) is 4.72 Å². The molecule has 1 atom stereocenters. The van der Waals surface area contributed by atoms with Gasteiger partial charge in [-0.1, -0.05) is 11.6 Å². The Labute approximate surface area is 114 Å². The number of carboxylic acid groups (broad SMARTS) is 1. The minimum atomic E-state index is -4.05. The fraction of sp³-hybridized carbons (Fsp3) is 0.200. The second-order valence-electron chi connectivity index (χ2n) is 3.69. The average molecular weight is 307 g/mol. The normalized spacial score (nSPS) is 12.9. The zero-order chi connectivity index (χ0) is 14.8. The van der Waals surface area contributed by atoms with Gasteiger partial charge in [0.2, 0.25) is 15.9 Å². The molecular weight excluding hydrogens is 296 g/mol. The van der Waals surface area contributed by atoms with Crippen LogP contribution in [0.1, 0.15) is 17.3 Å². The van der Waals surface area contributed by atoms with E-state index >= 15 is 0 Å². The maximum absolute atomic E-state index is 11.9. The van der Waals surface area contributed by atoms with Crippen molar-refractivity contribution in [3.05, 3.63) is 28.8 Å². The molecule has 0 fully saturated rings. The number of halogens is 1. The second-order valence-corrected chi connectivity index (χ2v) is 5.81. The Hall–Kier alpha value is -1.64. The lowest BCUT2D eigenvalue weighted by atomic mass is 10.2. The van der Waals surface area contributed by atoms with E-state index in [0.29, 0.717) is 0 Å². The highest BCUT2D eigenvalue weighted by molar-refractivity contribution is 7.89. The minimum absolute atomic E-state index is 0.0885. The SMILES string of the molecule is CC(NS(=O)(=O)c1ccc(Cl)c(C(=O)O)c1)C(N)=O. The molecule has 104 valence electrons. The molecule has 4 N–H and O–H groups in total. The quantitative estimate of drug-likeness (QED) is 0.715. The summed E-state index contributed by atoms with van der Waals surface area (Å²) in [7, 11) is -4.05. The molecule has 1 aromatic carbocycles. The molecule has 0 aliphatic heterocycles. The van der Waals surface area contributed by atoms with Crippen molar-refractivity contribution in [2.45, 2.75) is 17.9 Å². The molecule has 0 heterocycles. The number of rotatable bonds is 5. The van der Waals surface area contributed by atoms with Crippen LogP contribution in [0, 0.1) is 0 Å². The molecule has 0 aliphatic rings. The van der Waals surface area contributed by atoms with Gasteiger partial charge in [0, 0.05) is 0 Å². The number of nitrogens with one attached hydrogen (secondary N) is 1. The molecule has 0 saturated carbocycles. The van der Waals surface area contributed by atoms with Gasteiger partial charge in [-0.05, 0) is 25.1 Å². The van der Waals surface area contributed by atoms with Gasteiger partial charge in [-0.15, -0.1) is 0 Å². The van der Waals surface area contributed by atoms with E-state index < -0.39 is 27.9 Å². The molecule has 0 radical (unpaired) electrons. The lowest BCUT2D eigenvalue weighted by Crippen LogP contribution is -2.42. The van der Waals surface area contributed by atoms with Gasteiger partial charge in [-0.3, -0.25) is 4.79 Å². The number of sulfonamides is 1. The number of nitrogens with two attached hydrogens (primary N) is 1. The first-order chi connectivity index (χ1) is 8.65. The number of hydrogen-bond acceptors (Lipinski definition) is 4. The summed E-state index contributed by atoms with van der Waals surface area (Å²) in [6.45, 7) is 1.27. The highest BCUT2D eigenvalue weighted by atomic mass is 35.5. The van der Waals surface area contributed by atoms with Crippen molar-refractivity contribution in [1.29, 1.82) is 0 Å². The van der Waals surface area contributed by atoms with Gasteiger partial charge in [-0.25, -0.2) is 13.2 Å². The van der Waals surface area contributed by atoms with Crippen molar-refractivity contribution >= 4 is 33.5 Å². The molecule has 1 amide bonds. The zero-order valence-electron chi connectivity index (χ0n) is 9.75. The smallest absolute Gasteiger partial charge is 0.337 e. The Morgan fingerprint density at radius 2 is 2.00 bits per heavy atom. The van der Waals surface area contributed by atoms with Crippen LogP contribution < -0.4 is 10.5 Å².